The topological polar surface area (TPSA) is 46.5 Å². The van der Waals surface area contributed by atoms with Crippen LogP contribution in [0.3, 0.4) is 0 Å². The number of ether oxygens (including phenoxy) is 1. The third-order valence-corrected chi connectivity index (χ3v) is 3.53. The zero-order valence-electron chi connectivity index (χ0n) is 10.5. The Morgan fingerprint density at radius 3 is 2.56 bits per heavy atom. The lowest BCUT2D eigenvalue weighted by molar-refractivity contribution is -0.152. The average Bonchev–Trinajstić information content (AvgIpc) is 2.31. The van der Waals surface area contributed by atoms with E-state index < -0.39 is 23.8 Å². The number of benzene rings is 1. The minimum absolute atomic E-state index is 0.123. The van der Waals surface area contributed by atoms with E-state index in [-0.39, 0.29) is 5.92 Å². The molecule has 0 aliphatic heterocycles. The van der Waals surface area contributed by atoms with Crippen LogP contribution in [0.1, 0.15) is 25.5 Å². The van der Waals surface area contributed by atoms with Crippen LogP contribution in [0.25, 0.3) is 0 Å². The van der Waals surface area contributed by atoms with Gasteiger partial charge in [0.15, 0.2) is 0 Å². The van der Waals surface area contributed by atoms with Crippen LogP contribution in [-0.4, -0.2) is 18.2 Å². The zero-order chi connectivity index (χ0) is 13.9. The molecule has 0 bridgehead atoms. The van der Waals surface area contributed by atoms with Gasteiger partial charge in [-0.05, 0) is 29.7 Å². The van der Waals surface area contributed by atoms with Gasteiger partial charge in [0.2, 0.25) is 0 Å². The molecule has 1 aromatic rings. The van der Waals surface area contributed by atoms with Crippen LogP contribution in [0.5, 0.6) is 0 Å². The van der Waals surface area contributed by atoms with E-state index in [2.05, 4.69) is 20.7 Å². The average molecular weight is 319 g/mol. The second-order valence-corrected chi connectivity index (χ2v) is 5.26. The van der Waals surface area contributed by atoms with E-state index >= 15 is 0 Å². The van der Waals surface area contributed by atoms with Crippen molar-refractivity contribution < 1.29 is 19.0 Å². The van der Waals surface area contributed by atoms with Gasteiger partial charge in [0.25, 0.3) is 0 Å². The summed E-state index contributed by atoms with van der Waals surface area (Å²) in [6, 6.07) is 4.00. The number of rotatable bonds is 4. The van der Waals surface area contributed by atoms with Crippen molar-refractivity contribution >= 4 is 21.9 Å². The molecular weight excluding hydrogens is 303 g/mol. The number of hydrogen-bond acceptors (Lipinski definition) is 3. The third-order valence-electron chi connectivity index (χ3n) is 2.81. The maximum absolute atomic E-state index is 13.2. The summed E-state index contributed by atoms with van der Waals surface area (Å²) in [5.74, 6) is -1.82. The number of carbonyl (C=O) groups is 1. The number of halogens is 2. The Morgan fingerprint density at radius 2 is 2.06 bits per heavy atom. The van der Waals surface area contributed by atoms with Crippen LogP contribution in [0.4, 0.5) is 4.39 Å². The first kappa shape index (κ1) is 15.1. The van der Waals surface area contributed by atoms with Crippen molar-refractivity contribution in [3.63, 3.8) is 0 Å². The first-order valence-electron chi connectivity index (χ1n) is 5.59. The lowest BCUT2D eigenvalue weighted by atomic mass is 9.86. The molecule has 100 valence electrons. The van der Waals surface area contributed by atoms with Gasteiger partial charge in [-0.2, -0.15) is 0 Å². The number of hydrogen-bond donors (Lipinski definition) is 1. The number of methoxy groups -OCH3 is 1. The van der Waals surface area contributed by atoms with Crippen LogP contribution in [0.2, 0.25) is 0 Å². The summed E-state index contributed by atoms with van der Waals surface area (Å²) in [5, 5.41) is 10.3. The highest BCUT2D eigenvalue weighted by Gasteiger charge is 2.33. The number of carbonyl (C=O) groups excluding carboxylic acids is 1. The SMILES string of the molecule is COC(=O)C(C(C)C)C(O)c1cc(F)ccc1Br. The van der Waals surface area contributed by atoms with Crippen molar-refractivity contribution in [2.24, 2.45) is 11.8 Å². The third kappa shape index (κ3) is 3.29. The molecule has 0 saturated carbocycles. The molecule has 0 heterocycles. The molecular formula is C13H16BrFO3. The predicted octanol–water partition coefficient (Wildman–Crippen LogP) is 3.07. The Bertz CT molecular complexity index is 434. The van der Waals surface area contributed by atoms with Gasteiger partial charge < -0.3 is 9.84 Å². The molecule has 18 heavy (non-hydrogen) atoms. The minimum Gasteiger partial charge on any atom is -0.469 e. The van der Waals surface area contributed by atoms with Gasteiger partial charge in [-0.15, -0.1) is 0 Å². The molecule has 0 fully saturated rings. The highest BCUT2D eigenvalue weighted by Crippen LogP contribution is 2.33. The van der Waals surface area contributed by atoms with E-state index in [4.69, 9.17) is 0 Å². The quantitative estimate of drug-likeness (QED) is 0.868. The largest absolute Gasteiger partial charge is 0.469 e. The van der Waals surface area contributed by atoms with E-state index in [1.54, 1.807) is 13.8 Å². The fourth-order valence-electron chi connectivity index (χ4n) is 1.84. The van der Waals surface area contributed by atoms with E-state index in [1.807, 2.05) is 0 Å². The smallest absolute Gasteiger partial charge is 0.311 e. The number of esters is 1. The lowest BCUT2D eigenvalue weighted by Gasteiger charge is -2.25. The molecule has 0 spiro atoms. The Morgan fingerprint density at radius 1 is 1.44 bits per heavy atom. The van der Waals surface area contributed by atoms with Crippen LogP contribution in [-0.2, 0) is 9.53 Å². The molecule has 2 unspecified atom stereocenters. The molecule has 5 heteroatoms. The highest BCUT2D eigenvalue weighted by atomic mass is 79.9. The number of aliphatic hydroxyl groups is 1. The first-order valence-corrected chi connectivity index (χ1v) is 6.38. The normalized spacial score (nSPS) is 14.4. The molecule has 3 nitrogen and oxygen atoms in total. The Kier molecular flexibility index (Phi) is 5.28. The minimum atomic E-state index is -1.11. The maximum Gasteiger partial charge on any atom is 0.311 e. The second kappa shape index (κ2) is 6.29. The van der Waals surface area contributed by atoms with Gasteiger partial charge in [-0.3, -0.25) is 4.79 Å². The standard InChI is InChI=1S/C13H16BrFO3/c1-7(2)11(13(17)18-3)12(16)9-6-8(15)4-5-10(9)14/h4-7,11-12,16H,1-3H3. The lowest BCUT2D eigenvalue weighted by Crippen LogP contribution is -2.28. The Balaban J connectivity index is 3.13. The van der Waals surface area contributed by atoms with Gasteiger partial charge in [0.1, 0.15) is 5.82 Å². The van der Waals surface area contributed by atoms with Crippen LogP contribution < -0.4 is 0 Å². The van der Waals surface area contributed by atoms with Crippen molar-refractivity contribution in [2.75, 3.05) is 7.11 Å². The molecule has 0 aliphatic rings. The van der Waals surface area contributed by atoms with Gasteiger partial charge >= 0.3 is 5.97 Å². The molecule has 1 N–H and O–H groups in total. The molecule has 0 amide bonds. The summed E-state index contributed by atoms with van der Waals surface area (Å²) in [5.41, 5.74) is 0.346. The van der Waals surface area contributed by atoms with Crippen molar-refractivity contribution in [3.05, 3.63) is 34.1 Å². The Labute approximate surface area is 114 Å². The monoisotopic (exact) mass is 318 g/mol. The van der Waals surface area contributed by atoms with Gasteiger partial charge in [0.05, 0.1) is 19.1 Å². The zero-order valence-corrected chi connectivity index (χ0v) is 12.1. The second-order valence-electron chi connectivity index (χ2n) is 4.40. The molecule has 0 aromatic heterocycles. The van der Waals surface area contributed by atoms with Crippen molar-refractivity contribution in [1.82, 2.24) is 0 Å². The van der Waals surface area contributed by atoms with Gasteiger partial charge in [0, 0.05) is 4.47 Å². The summed E-state index contributed by atoms with van der Waals surface area (Å²) in [4.78, 5) is 11.7. The molecule has 0 aliphatic carbocycles. The summed E-state index contributed by atoms with van der Waals surface area (Å²) in [6.45, 7) is 3.61. The summed E-state index contributed by atoms with van der Waals surface area (Å²) in [6.07, 6.45) is -1.11. The fraction of sp³-hybridized carbons (Fsp3) is 0.462. The van der Waals surface area contributed by atoms with Crippen molar-refractivity contribution in [2.45, 2.75) is 20.0 Å². The Hall–Kier alpha value is -0.940. The molecule has 1 aromatic carbocycles. The number of aliphatic hydroxyl groups excluding tert-OH is 1. The van der Waals surface area contributed by atoms with Gasteiger partial charge in [-0.1, -0.05) is 29.8 Å². The highest BCUT2D eigenvalue weighted by molar-refractivity contribution is 9.10. The van der Waals surface area contributed by atoms with Gasteiger partial charge in [-0.25, -0.2) is 4.39 Å². The van der Waals surface area contributed by atoms with Crippen molar-refractivity contribution in [3.8, 4) is 0 Å². The first-order chi connectivity index (χ1) is 8.38. The van der Waals surface area contributed by atoms with Crippen LogP contribution >= 0.6 is 15.9 Å². The summed E-state index contributed by atoms with van der Waals surface area (Å²) >= 11 is 3.24. The maximum atomic E-state index is 13.2. The summed E-state index contributed by atoms with van der Waals surface area (Å²) < 4.78 is 18.4. The van der Waals surface area contributed by atoms with E-state index in [0.29, 0.717) is 10.0 Å². The predicted molar refractivity (Wildman–Crippen MR) is 69.4 cm³/mol. The molecule has 2 atom stereocenters. The van der Waals surface area contributed by atoms with E-state index in [0.717, 1.165) is 0 Å². The van der Waals surface area contributed by atoms with Crippen LogP contribution in [0.15, 0.2) is 22.7 Å². The fourth-order valence-corrected chi connectivity index (χ4v) is 2.32. The molecule has 1 rings (SSSR count). The molecule has 0 radical (unpaired) electrons. The van der Waals surface area contributed by atoms with Crippen molar-refractivity contribution in [1.29, 1.82) is 0 Å². The van der Waals surface area contributed by atoms with E-state index in [9.17, 15) is 14.3 Å². The molecule has 0 saturated heterocycles. The van der Waals surface area contributed by atoms with E-state index in [1.165, 1.54) is 25.3 Å². The van der Waals surface area contributed by atoms with Crippen LogP contribution in [0, 0.1) is 17.7 Å². The summed E-state index contributed by atoms with van der Waals surface area (Å²) in [7, 11) is 1.27.